The number of carbonyl (C=O) groups excluding carboxylic acids is 1. The Balaban J connectivity index is 1.90. The first-order chi connectivity index (χ1) is 11.2. The SMILES string of the molecule is CCCn1ncc2c(C3C(=O)Nc4ccc(F)cc43)ncnc21. The second-order valence-electron chi connectivity index (χ2n) is 5.52. The maximum absolute atomic E-state index is 13.6. The lowest BCUT2D eigenvalue weighted by atomic mass is 9.95. The molecule has 0 bridgehead atoms. The molecule has 3 aromatic rings. The van der Waals surface area contributed by atoms with Crippen molar-refractivity contribution in [3.63, 3.8) is 0 Å². The van der Waals surface area contributed by atoms with Crippen molar-refractivity contribution in [2.45, 2.75) is 25.8 Å². The van der Waals surface area contributed by atoms with Crippen molar-refractivity contribution in [1.82, 2.24) is 19.7 Å². The Morgan fingerprint density at radius 2 is 2.22 bits per heavy atom. The first-order valence-corrected chi connectivity index (χ1v) is 7.45. The molecule has 0 radical (unpaired) electrons. The van der Waals surface area contributed by atoms with E-state index in [2.05, 4.69) is 27.3 Å². The number of anilines is 1. The first kappa shape index (κ1) is 13.8. The van der Waals surface area contributed by atoms with Gasteiger partial charge in [-0.1, -0.05) is 6.92 Å². The van der Waals surface area contributed by atoms with Crippen molar-refractivity contribution in [3.05, 3.63) is 47.8 Å². The van der Waals surface area contributed by atoms with E-state index in [0.29, 0.717) is 22.6 Å². The monoisotopic (exact) mass is 311 g/mol. The van der Waals surface area contributed by atoms with E-state index in [-0.39, 0.29) is 11.7 Å². The zero-order valence-electron chi connectivity index (χ0n) is 12.5. The molecule has 3 heterocycles. The van der Waals surface area contributed by atoms with Crippen molar-refractivity contribution in [2.75, 3.05) is 5.32 Å². The molecular formula is C16H14FN5O. The third kappa shape index (κ3) is 2.08. The van der Waals surface area contributed by atoms with E-state index in [1.165, 1.54) is 18.5 Å². The highest BCUT2D eigenvalue weighted by molar-refractivity contribution is 6.06. The van der Waals surface area contributed by atoms with E-state index in [0.717, 1.165) is 18.4 Å². The second-order valence-corrected chi connectivity index (χ2v) is 5.52. The lowest BCUT2D eigenvalue weighted by Crippen LogP contribution is -2.15. The van der Waals surface area contributed by atoms with Crippen LogP contribution in [0.1, 0.15) is 30.5 Å². The summed E-state index contributed by atoms with van der Waals surface area (Å²) in [6.45, 7) is 2.79. The molecule has 1 aliphatic rings. The van der Waals surface area contributed by atoms with Crippen LogP contribution in [0.25, 0.3) is 11.0 Å². The molecule has 1 aromatic carbocycles. The summed E-state index contributed by atoms with van der Waals surface area (Å²) in [5.41, 5.74) is 2.46. The summed E-state index contributed by atoms with van der Waals surface area (Å²) in [5.74, 6) is -1.24. The molecule has 1 atom stereocenters. The Labute approximate surface area is 131 Å². The number of aromatic nitrogens is 4. The summed E-state index contributed by atoms with van der Waals surface area (Å²) in [5, 5.41) is 7.82. The molecule has 23 heavy (non-hydrogen) atoms. The van der Waals surface area contributed by atoms with Crippen LogP contribution in [0.3, 0.4) is 0 Å². The fourth-order valence-electron chi connectivity index (χ4n) is 3.02. The molecule has 0 aliphatic carbocycles. The van der Waals surface area contributed by atoms with Crippen LogP contribution in [0, 0.1) is 5.82 Å². The van der Waals surface area contributed by atoms with Gasteiger partial charge in [0.25, 0.3) is 0 Å². The summed E-state index contributed by atoms with van der Waals surface area (Å²) in [7, 11) is 0. The summed E-state index contributed by atoms with van der Waals surface area (Å²) >= 11 is 0. The molecule has 1 unspecified atom stereocenters. The van der Waals surface area contributed by atoms with Gasteiger partial charge in [0.1, 0.15) is 18.1 Å². The van der Waals surface area contributed by atoms with Crippen LogP contribution in [0.4, 0.5) is 10.1 Å². The van der Waals surface area contributed by atoms with Crippen LogP contribution in [-0.4, -0.2) is 25.7 Å². The van der Waals surface area contributed by atoms with E-state index in [1.807, 2.05) is 0 Å². The first-order valence-electron chi connectivity index (χ1n) is 7.45. The van der Waals surface area contributed by atoms with E-state index in [1.54, 1.807) is 16.9 Å². The molecule has 116 valence electrons. The van der Waals surface area contributed by atoms with Crippen LogP contribution in [0.15, 0.2) is 30.7 Å². The van der Waals surface area contributed by atoms with Crippen LogP contribution >= 0.6 is 0 Å². The van der Waals surface area contributed by atoms with Crippen LogP contribution in [0.5, 0.6) is 0 Å². The van der Waals surface area contributed by atoms with Crippen LogP contribution < -0.4 is 5.32 Å². The van der Waals surface area contributed by atoms with Crippen molar-refractivity contribution >= 4 is 22.6 Å². The minimum Gasteiger partial charge on any atom is -0.325 e. The van der Waals surface area contributed by atoms with Gasteiger partial charge in [-0.25, -0.2) is 19.0 Å². The van der Waals surface area contributed by atoms with Gasteiger partial charge in [0.05, 0.1) is 17.3 Å². The van der Waals surface area contributed by atoms with E-state index < -0.39 is 5.92 Å². The lowest BCUT2D eigenvalue weighted by Gasteiger charge is -2.09. The van der Waals surface area contributed by atoms with Crippen LogP contribution in [-0.2, 0) is 11.3 Å². The molecule has 1 N–H and O–H groups in total. The van der Waals surface area contributed by atoms with Gasteiger partial charge in [-0.3, -0.25) is 4.79 Å². The number of amides is 1. The summed E-state index contributed by atoms with van der Waals surface area (Å²) in [4.78, 5) is 21.0. The molecule has 4 rings (SSSR count). The van der Waals surface area contributed by atoms with Crippen molar-refractivity contribution in [1.29, 1.82) is 0 Å². The standard InChI is InChI=1S/C16H14FN5O/c1-2-5-22-15-11(7-20-22)14(18-8-19-15)13-10-6-9(17)3-4-12(10)21-16(13)23/h3-4,6-8,13H,2,5H2,1H3,(H,21,23). The number of fused-ring (bicyclic) bond motifs is 2. The maximum Gasteiger partial charge on any atom is 0.238 e. The third-order valence-corrected chi connectivity index (χ3v) is 4.02. The number of nitrogens with one attached hydrogen (secondary N) is 1. The van der Waals surface area contributed by atoms with Gasteiger partial charge < -0.3 is 5.32 Å². The molecule has 0 spiro atoms. The largest absolute Gasteiger partial charge is 0.325 e. The summed E-state index contributed by atoms with van der Waals surface area (Å²) in [6, 6.07) is 4.28. The molecule has 1 amide bonds. The molecule has 0 saturated carbocycles. The Morgan fingerprint density at radius 3 is 3.04 bits per heavy atom. The molecule has 6 nitrogen and oxygen atoms in total. The Hall–Kier alpha value is -2.83. The predicted molar refractivity (Wildman–Crippen MR) is 82.5 cm³/mol. The third-order valence-electron chi connectivity index (χ3n) is 4.02. The quantitative estimate of drug-likeness (QED) is 0.806. The minimum atomic E-state index is -0.648. The molecule has 1 aliphatic heterocycles. The Bertz CT molecular complexity index is 920. The van der Waals surface area contributed by atoms with Crippen molar-refractivity contribution < 1.29 is 9.18 Å². The smallest absolute Gasteiger partial charge is 0.238 e. The Kier molecular flexibility index (Phi) is 3.07. The maximum atomic E-state index is 13.6. The Morgan fingerprint density at radius 1 is 1.35 bits per heavy atom. The van der Waals surface area contributed by atoms with Gasteiger partial charge in [-0.05, 0) is 30.2 Å². The lowest BCUT2D eigenvalue weighted by molar-refractivity contribution is -0.116. The highest BCUT2D eigenvalue weighted by atomic mass is 19.1. The average Bonchev–Trinajstić information content (AvgIpc) is 3.08. The topological polar surface area (TPSA) is 72.7 Å². The molecular weight excluding hydrogens is 297 g/mol. The van der Waals surface area contributed by atoms with Crippen molar-refractivity contribution in [2.24, 2.45) is 0 Å². The molecule has 7 heteroatoms. The van der Waals surface area contributed by atoms with Crippen molar-refractivity contribution in [3.8, 4) is 0 Å². The second kappa shape index (κ2) is 5.12. The summed E-state index contributed by atoms with van der Waals surface area (Å²) < 4.78 is 15.4. The zero-order valence-corrected chi connectivity index (χ0v) is 12.5. The normalized spacial score (nSPS) is 16.6. The van der Waals surface area contributed by atoms with Gasteiger partial charge in [-0.15, -0.1) is 0 Å². The van der Waals surface area contributed by atoms with Gasteiger partial charge >= 0.3 is 0 Å². The van der Waals surface area contributed by atoms with Gasteiger partial charge in [0.2, 0.25) is 5.91 Å². The van der Waals surface area contributed by atoms with E-state index in [4.69, 9.17) is 0 Å². The number of halogens is 1. The molecule has 0 fully saturated rings. The number of hydrogen-bond donors (Lipinski definition) is 1. The number of benzene rings is 1. The van der Waals surface area contributed by atoms with E-state index >= 15 is 0 Å². The average molecular weight is 311 g/mol. The molecule has 0 saturated heterocycles. The number of hydrogen-bond acceptors (Lipinski definition) is 4. The predicted octanol–water partition coefficient (Wildman–Crippen LogP) is 2.46. The summed E-state index contributed by atoms with van der Waals surface area (Å²) in [6.07, 6.45) is 4.02. The van der Waals surface area contributed by atoms with Gasteiger partial charge in [0, 0.05) is 12.2 Å². The zero-order chi connectivity index (χ0) is 16.0. The highest BCUT2D eigenvalue weighted by Gasteiger charge is 2.35. The van der Waals surface area contributed by atoms with Gasteiger partial charge in [0.15, 0.2) is 5.65 Å². The number of nitrogens with zero attached hydrogens (tertiary/aromatic N) is 4. The molecule has 2 aromatic heterocycles. The number of rotatable bonds is 3. The number of carbonyl (C=O) groups is 1. The van der Waals surface area contributed by atoms with Gasteiger partial charge in [-0.2, -0.15) is 5.10 Å². The highest BCUT2D eigenvalue weighted by Crippen LogP contribution is 2.38. The number of aryl methyl sites for hydroxylation is 1. The van der Waals surface area contributed by atoms with E-state index in [9.17, 15) is 9.18 Å². The fourth-order valence-corrected chi connectivity index (χ4v) is 3.02. The van der Waals surface area contributed by atoms with Crippen LogP contribution in [0.2, 0.25) is 0 Å². The minimum absolute atomic E-state index is 0.214. The fraction of sp³-hybridized carbons (Fsp3) is 0.250.